The Balaban J connectivity index is 1.42. The maximum Gasteiger partial charge on any atom is 0.500 e. The number of fused-ring (bicyclic) bond motifs is 4. The number of ether oxygens (including phenoxy) is 2. The largest absolute Gasteiger partial charge is 0.500 e. The Morgan fingerprint density at radius 1 is 1.26 bits per heavy atom. The molecule has 1 aromatic heterocycles. The summed E-state index contributed by atoms with van der Waals surface area (Å²) in [5.74, 6) is -1.41. The first-order valence-electron chi connectivity index (χ1n) is 12.2. The van der Waals surface area contributed by atoms with Crippen molar-refractivity contribution in [1.29, 1.82) is 0 Å². The van der Waals surface area contributed by atoms with Gasteiger partial charge in [0.15, 0.2) is 0 Å². The van der Waals surface area contributed by atoms with E-state index in [2.05, 4.69) is 15.4 Å². The third kappa shape index (κ3) is 4.94. The van der Waals surface area contributed by atoms with Gasteiger partial charge >= 0.3 is 25.3 Å². The second-order valence-electron chi connectivity index (χ2n) is 9.90. The molecule has 5 rings (SSSR count). The highest BCUT2D eigenvalue weighted by Gasteiger charge is 2.49. The van der Waals surface area contributed by atoms with Crippen LogP contribution in [0.15, 0.2) is 15.8 Å². The number of aryl methyl sites for hydroxylation is 1. The summed E-state index contributed by atoms with van der Waals surface area (Å²) < 4.78 is 35.8. The number of aliphatic hydroxyl groups is 1. The van der Waals surface area contributed by atoms with Gasteiger partial charge in [0, 0.05) is 43.2 Å². The van der Waals surface area contributed by atoms with Gasteiger partial charge in [-0.2, -0.15) is 14.7 Å². The minimum Gasteiger partial charge on any atom is -0.394 e. The Kier molecular flexibility index (Phi) is 7.26. The van der Waals surface area contributed by atoms with Crippen molar-refractivity contribution in [2.45, 2.75) is 56.5 Å². The lowest BCUT2D eigenvalue weighted by Crippen LogP contribution is -2.53. The molecule has 16 nitrogen and oxygen atoms in total. The first-order chi connectivity index (χ1) is 18.0. The predicted octanol–water partition coefficient (Wildman–Crippen LogP) is -2.46. The molecule has 0 radical (unpaired) electrons. The maximum atomic E-state index is 14.3. The number of carbonyl (C=O) groups is 2. The van der Waals surface area contributed by atoms with E-state index >= 15 is 0 Å². The van der Waals surface area contributed by atoms with Crippen LogP contribution in [0, 0.1) is 12.8 Å². The number of rotatable bonds is 4. The zero-order chi connectivity index (χ0) is 27.4. The maximum absolute atomic E-state index is 14.3. The second kappa shape index (κ2) is 10.2. The lowest BCUT2D eigenvalue weighted by Gasteiger charge is -2.33. The molecule has 6 N–H and O–H groups in total. The van der Waals surface area contributed by atoms with Crippen molar-refractivity contribution in [2.75, 3.05) is 26.8 Å². The van der Waals surface area contributed by atoms with E-state index in [1.165, 1.54) is 33.3 Å². The molecule has 0 aliphatic carbocycles. The summed E-state index contributed by atoms with van der Waals surface area (Å²) in [7, 11) is -2.42. The molecule has 5 heterocycles. The number of carbonyl (C=O) groups excluding carboxylic acids is 2. The number of hydrogen-bond donors (Lipinski definition) is 5. The zero-order valence-corrected chi connectivity index (χ0v) is 21.7. The molecule has 2 fully saturated rings. The summed E-state index contributed by atoms with van der Waals surface area (Å²) in [6, 6.07) is -1.88. The smallest absolute Gasteiger partial charge is 0.394 e. The van der Waals surface area contributed by atoms with E-state index in [1.54, 1.807) is 6.92 Å². The van der Waals surface area contributed by atoms with Gasteiger partial charge in [0.1, 0.15) is 18.2 Å². The molecule has 17 heteroatoms. The van der Waals surface area contributed by atoms with Crippen LogP contribution in [0.1, 0.15) is 24.6 Å². The highest BCUT2D eigenvalue weighted by atomic mass is 31.2. The van der Waals surface area contributed by atoms with E-state index in [-0.39, 0.29) is 19.6 Å². The van der Waals surface area contributed by atoms with Crippen LogP contribution in [0.3, 0.4) is 0 Å². The molecule has 0 spiro atoms. The number of nitrogens with two attached hydrogens (primary N) is 1. The first-order valence-corrected chi connectivity index (χ1v) is 13.8. The molecule has 8 unspecified atom stereocenters. The van der Waals surface area contributed by atoms with Crippen LogP contribution < -0.4 is 27.4 Å². The molecule has 3 amide bonds. The molecule has 0 saturated carbocycles. The third-order valence-electron chi connectivity index (χ3n) is 7.26. The molecule has 38 heavy (non-hydrogen) atoms. The van der Waals surface area contributed by atoms with Gasteiger partial charge in [0.2, 0.25) is 6.23 Å². The van der Waals surface area contributed by atoms with Crippen LogP contribution in [-0.4, -0.2) is 99.4 Å². The summed E-state index contributed by atoms with van der Waals surface area (Å²) in [5.41, 5.74) is 5.31. The van der Waals surface area contributed by atoms with E-state index in [9.17, 15) is 28.8 Å². The van der Waals surface area contributed by atoms with E-state index in [1.807, 2.05) is 0 Å². The molecular formula is C21H31N7O9P+. The summed E-state index contributed by atoms with van der Waals surface area (Å²) in [6.45, 7) is 0.853. The zero-order valence-electron chi connectivity index (χ0n) is 20.8. The van der Waals surface area contributed by atoms with Crippen molar-refractivity contribution in [3.8, 4) is 0 Å². The Hall–Kier alpha value is -2.56. The monoisotopic (exact) mass is 556 g/mol. The van der Waals surface area contributed by atoms with Crippen molar-refractivity contribution in [1.82, 2.24) is 24.6 Å². The normalized spacial score (nSPS) is 38.0. The molecule has 2 saturated heterocycles. The Morgan fingerprint density at radius 2 is 2.03 bits per heavy atom. The standard InChI is InChI=1S/C21H30N7O9P/c1-10-5-27(20(32)23-18(10)30)17-4-13(14(8-29)36-17)25-38(34)26(2)6-11-7-28(21(33)24-19(11)31)16-3-12(22)15(37-16)9-35-38/h5,7,11-17,29H,3-4,6,8-9,22H2,1-2H3,(H2-,23,24,25,30,31,32,33,34)/p+1. The van der Waals surface area contributed by atoms with Crippen molar-refractivity contribution in [2.24, 2.45) is 11.7 Å². The van der Waals surface area contributed by atoms with Gasteiger partial charge < -0.3 is 24.8 Å². The fourth-order valence-corrected chi connectivity index (χ4v) is 6.95. The first kappa shape index (κ1) is 27.0. The van der Waals surface area contributed by atoms with Gasteiger partial charge in [0.25, 0.3) is 5.56 Å². The Morgan fingerprint density at radius 3 is 2.76 bits per heavy atom. The van der Waals surface area contributed by atoms with Gasteiger partial charge in [-0.25, -0.2) is 19.3 Å². The Labute approximate surface area is 216 Å². The number of hydrogen-bond acceptors (Lipinski definition) is 10. The second-order valence-corrected chi connectivity index (χ2v) is 12.1. The molecule has 0 aromatic carbocycles. The number of urea groups is 1. The van der Waals surface area contributed by atoms with Crippen LogP contribution >= 0.6 is 7.67 Å². The average Bonchev–Trinajstić information content (AvgIpc) is 3.43. The number of nitrogens with zero attached hydrogens (tertiary/aromatic N) is 3. The number of imide groups is 1. The van der Waals surface area contributed by atoms with E-state index in [4.69, 9.17) is 19.7 Å². The highest BCUT2D eigenvalue weighted by molar-refractivity contribution is 7.54. The van der Waals surface area contributed by atoms with Crippen LogP contribution in [0.4, 0.5) is 4.79 Å². The SMILES string of the molecule is Cc1cn(C2CC(NP3(=O)OCC4OC(CC4N)[N+]4=CC(CN3C)C(=O)NC4=O)C(CO)O2)c(=O)[nH]c1=O. The number of aromatic amines is 1. The summed E-state index contributed by atoms with van der Waals surface area (Å²) in [4.78, 5) is 51.4. The molecule has 208 valence electrons. The Bertz CT molecular complexity index is 1330. The van der Waals surface area contributed by atoms with Gasteiger partial charge in [0.05, 0.1) is 25.5 Å². The quantitative estimate of drug-likeness (QED) is 0.193. The topological polar surface area (TPSA) is 210 Å². The number of H-pyrrole nitrogens is 1. The third-order valence-corrected chi connectivity index (χ3v) is 9.48. The van der Waals surface area contributed by atoms with Gasteiger partial charge in [-0.3, -0.25) is 18.9 Å². The van der Waals surface area contributed by atoms with Crippen LogP contribution in [0.25, 0.3) is 0 Å². The van der Waals surface area contributed by atoms with Crippen molar-refractivity contribution >= 4 is 25.8 Å². The number of nitrogens with one attached hydrogen (secondary N) is 3. The molecule has 4 bridgehead atoms. The molecule has 4 aliphatic heterocycles. The van der Waals surface area contributed by atoms with Gasteiger partial charge in [-0.05, 0) is 14.0 Å². The van der Waals surface area contributed by atoms with Crippen molar-refractivity contribution in [3.63, 3.8) is 0 Å². The molecular weight excluding hydrogens is 525 g/mol. The molecule has 4 aliphatic rings. The number of aliphatic hydroxyl groups excluding tert-OH is 1. The van der Waals surface area contributed by atoms with Crippen LogP contribution in [0.5, 0.6) is 0 Å². The molecule has 1 aromatic rings. The predicted molar refractivity (Wildman–Crippen MR) is 129 cm³/mol. The fourth-order valence-electron chi connectivity index (χ4n) is 5.05. The summed E-state index contributed by atoms with van der Waals surface area (Å²) >= 11 is 0. The van der Waals surface area contributed by atoms with Gasteiger partial charge in [-0.15, -0.1) is 0 Å². The average molecular weight is 556 g/mol. The minimum atomic E-state index is -3.93. The van der Waals surface area contributed by atoms with Crippen molar-refractivity contribution < 1.29 is 37.8 Å². The van der Waals surface area contributed by atoms with E-state index in [0.29, 0.717) is 12.0 Å². The highest BCUT2D eigenvalue weighted by Crippen LogP contribution is 2.49. The minimum absolute atomic E-state index is 0.0668. The molecule has 8 atom stereocenters. The lowest BCUT2D eigenvalue weighted by atomic mass is 10.1. The van der Waals surface area contributed by atoms with Gasteiger partial charge in [-0.1, -0.05) is 0 Å². The lowest BCUT2D eigenvalue weighted by molar-refractivity contribution is -0.525. The fraction of sp³-hybridized carbons (Fsp3) is 0.667. The number of amides is 3. The van der Waals surface area contributed by atoms with Crippen LogP contribution in [0.2, 0.25) is 0 Å². The van der Waals surface area contributed by atoms with E-state index < -0.39 is 80.1 Å². The van der Waals surface area contributed by atoms with Crippen LogP contribution in [-0.2, 0) is 23.4 Å². The number of aromatic nitrogens is 2. The summed E-state index contributed by atoms with van der Waals surface area (Å²) in [5, 5.41) is 15.2. The van der Waals surface area contributed by atoms with Crippen molar-refractivity contribution in [3.05, 3.63) is 32.6 Å². The summed E-state index contributed by atoms with van der Waals surface area (Å²) in [6.07, 6.45) is 0.102. The van der Waals surface area contributed by atoms with E-state index in [0.717, 1.165) is 0 Å².